The Kier molecular flexibility index (Phi) is 4.52. The highest BCUT2D eigenvalue weighted by Crippen LogP contribution is 2.33. The maximum atomic E-state index is 11.9. The van der Waals surface area contributed by atoms with Gasteiger partial charge in [-0.05, 0) is 38.6 Å². The largest absolute Gasteiger partial charge is 0.444 e. The third kappa shape index (κ3) is 4.01. The standard InChI is InChI=1S/C11H19N5O5S/c1-11(2,3)21-10(17)13-7-4-6-5-20-22(18,19)15-9(7)8(6)14-16-12/h6-9,15H,4-5H2,1-3H3,(H,13,17)/t6-,7-,8-,9-/m1/s1. The number of nitrogens with zero attached hydrogens (tertiary/aromatic N) is 3. The summed E-state index contributed by atoms with van der Waals surface area (Å²) in [5, 5.41) is 6.28. The molecule has 11 heteroatoms. The molecule has 0 aromatic heterocycles. The average molecular weight is 333 g/mol. The molecule has 124 valence electrons. The minimum Gasteiger partial charge on any atom is -0.444 e. The van der Waals surface area contributed by atoms with Crippen molar-refractivity contribution >= 4 is 16.4 Å². The van der Waals surface area contributed by atoms with Crippen LogP contribution in [0.2, 0.25) is 0 Å². The van der Waals surface area contributed by atoms with Crippen LogP contribution in [0.5, 0.6) is 0 Å². The molecule has 1 saturated heterocycles. The van der Waals surface area contributed by atoms with Gasteiger partial charge >= 0.3 is 16.4 Å². The van der Waals surface area contributed by atoms with Crippen LogP contribution >= 0.6 is 0 Å². The molecule has 2 bridgehead atoms. The molecule has 4 atom stereocenters. The second-order valence-electron chi connectivity index (χ2n) is 6.33. The molecule has 1 aliphatic carbocycles. The highest BCUT2D eigenvalue weighted by Gasteiger charge is 2.48. The summed E-state index contributed by atoms with van der Waals surface area (Å²) in [6, 6.07) is -1.92. The maximum absolute atomic E-state index is 11.9. The zero-order valence-electron chi connectivity index (χ0n) is 12.5. The third-order valence-electron chi connectivity index (χ3n) is 3.45. The molecule has 22 heavy (non-hydrogen) atoms. The van der Waals surface area contributed by atoms with E-state index in [1.54, 1.807) is 20.8 Å². The van der Waals surface area contributed by atoms with Crippen LogP contribution in [0.25, 0.3) is 10.4 Å². The van der Waals surface area contributed by atoms with Gasteiger partial charge in [-0.15, -0.1) is 0 Å². The van der Waals surface area contributed by atoms with Gasteiger partial charge in [0.25, 0.3) is 0 Å². The van der Waals surface area contributed by atoms with Gasteiger partial charge in [-0.3, -0.25) is 4.18 Å². The number of alkyl carbamates (subject to hydrolysis) is 1. The molecule has 0 unspecified atom stereocenters. The van der Waals surface area contributed by atoms with Crippen molar-refractivity contribution in [1.29, 1.82) is 0 Å². The average Bonchev–Trinajstić information content (AvgIpc) is 2.56. The summed E-state index contributed by atoms with van der Waals surface area (Å²) in [7, 11) is -3.93. The number of nitrogens with one attached hydrogen (secondary N) is 2. The van der Waals surface area contributed by atoms with Crippen LogP contribution in [0.3, 0.4) is 0 Å². The van der Waals surface area contributed by atoms with Gasteiger partial charge in [0.1, 0.15) is 5.60 Å². The van der Waals surface area contributed by atoms with E-state index in [0.717, 1.165) is 0 Å². The van der Waals surface area contributed by atoms with E-state index >= 15 is 0 Å². The summed E-state index contributed by atoms with van der Waals surface area (Å²) < 4.78 is 35.6. The van der Waals surface area contributed by atoms with Crippen molar-refractivity contribution in [2.24, 2.45) is 11.0 Å². The Morgan fingerprint density at radius 2 is 2.18 bits per heavy atom. The van der Waals surface area contributed by atoms with Gasteiger partial charge in [0, 0.05) is 11.0 Å². The first-order valence-corrected chi connectivity index (χ1v) is 8.22. The van der Waals surface area contributed by atoms with Crippen molar-refractivity contribution in [1.82, 2.24) is 10.0 Å². The van der Waals surface area contributed by atoms with Crippen LogP contribution in [0.4, 0.5) is 4.79 Å². The van der Waals surface area contributed by atoms with Gasteiger partial charge in [0.15, 0.2) is 0 Å². The zero-order valence-corrected chi connectivity index (χ0v) is 13.3. The molecule has 1 saturated carbocycles. The van der Waals surface area contributed by atoms with E-state index in [9.17, 15) is 13.2 Å². The molecule has 2 fully saturated rings. The normalized spacial score (nSPS) is 33.4. The Labute approximate surface area is 128 Å². The fourth-order valence-electron chi connectivity index (χ4n) is 2.67. The lowest BCUT2D eigenvalue weighted by atomic mass is 10.0. The zero-order chi connectivity index (χ0) is 16.5. The van der Waals surface area contributed by atoms with Crippen LogP contribution in [-0.4, -0.2) is 44.8 Å². The van der Waals surface area contributed by atoms with Crippen LogP contribution in [0.15, 0.2) is 5.11 Å². The molecule has 0 spiro atoms. The number of fused-ring (bicyclic) bond motifs is 2. The molecule has 1 heterocycles. The highest BCUT2D eigenvalue weighted by molar-refractivity contribution is 7.84. The number of azide groups is 1. The maximum Gasteiger partial charge on any atom is 0.407 e. The lowest BCUT2D eigenvalue weighted by Crippen LogP contribution is -2.52. The summed E-state index contributed by atoms with van der Waals surface area (Å²) in [6.07, 6.45) is -0.223. The minimum atomic E-state index is -3.93. The minimum absolute atomic E-state index is 0.0952. The van der Waals surface area contributed by atoms with Gasteiger partial charge < -0.3 is 10.1 Å². The smallest absolute Gasteiger partial charge is 0.407 e. The van der Waals surface area contributed by atoms with E-state index in [-0.39, 0.29) is 12.5 Å². The van der Waals surface area contributed by atoms with E-state index in [1.807, 2.05) is 0 Å². The van der Waals surface area contributed by atoms with Crippen molar-refractivity contribution in [3.8, 4) is 0 Å². The number of rotatable bonds is 2. The predicted octanol–water partition coefficient (Wildman–Crippen LogP) is 0.812. The van der Waals surface area contributed by atoms with Crippen LogP contribution in [0.1, 0.15) is 27.2 Å². The van der Waals surface area contributed by atoms with E-state index in [1.165, 1.54) is 0 Å². The van der Waals surface area contributed by atoms with Crippen molar-refractivity contribution in [3.63, 3.8) is 0 Å². The summed E-state index contributed by atoms with van der Waals surface area (Å²) >= 11 is 0. The van der Waals surface area contributed by atoms with Gasteiger partial charge in [-0.25, -0.2) is 4.79 Å². The number of carbonyl (C=O) groups is 1. The highest BCUT2D eigenvalue weighted by atomic mass is 32.2. The van der Waals surface area contributed by atoms with Crippen molar-refractivity contribution in [2.75, 3.05) is 6.61 Å². The number of amides is 1. The SMILES string of the molecule is CC(C)(C)OC(=O)N[C@@H]1C[C@@H]2COS(=O)(=O)N[C@H]1[C@@H]2N=[N+]=[N-]. The predicted molar refractivity (Wildman–Crippen MR) is 76.0 cm³/mol. The first kappa shape index (κ1) is 16.8. The Hall–Kier alpha value is -1.55. The molecule has 2 aliphatic rings. The first-order valence-electron chi connectivity index (χ1n) is 6.82. The fraction of sp³-hybridized carbons (Fsp3) is 0.909. The molecular weight excluding hydrogens is 314 g/mol. The van der Waals surface area contributed by atoms with E-state index < -0.39 is 40.1 Å². The molecule has 10 nitrogen and oxygen atoms in total. The molecule has 0 radical (unpaired) electrons. The van der Waals surface area contributed by atoms with Crippen LogP contribution < -0.4 is 10.0 Å². The molecule has 0 aromatic rings. The summed E-state index contributed by atoms with van der Waals surface area (Å²) in [6.45, 7) is 5.08. The number of ether oxygens (including phenoxy) is 1. The van der Waals surface area contributed by atoms with Crippen molar-refractivity contribution in [3.05, 3.63) is 10.4 Å². The summed E-state index contributed by atoms with van der Waals surface area (Å²) in [4.78, 5) is 14.6. The van der Waals surface area contributed by atoms with Crippen molar-refractivity contribution < 1.29 is 22.1 Å². The Balaban J connectivity index is 2.16. The number of carbonyl (C=O) groups excluding carboxylic acids is 1. The van der Waals surface area contributed by atoms with Crippen LogP contribution in [0, 0.1) is 5.92 Å². The summed E-state index contributed by atoms with van der Waals surface area (Å²) in [5.41, 5.74) is 7.99. The lowest BCUT2D eigenvalue weighted by molar-refractivity contribution is 0.0496. The van der Waals surface area contributed by atoms with E-state index in [2.05, 4.69) is 20.1 Å². The second-order valence-corrected chi connectivity index (χ2v) is 7.71. The number of hydrogen-bond acceptors (Lipinski definition) is 6. The molecular formula is C11H19N5O5S. The summed E-state index contributed by atoms with van der Waals surface area (Å²) in [5.74, 6) is -0.300. The number of hydrogen-bond donors (Lipinski definition) is 2. The van der Waals surface area contributed by atoms with Gasteiger partial charge in [-0.1, -0.05) is 5.11 Å². The van der Waals surface area contributed by atoms with Crippen molar-refractivity contribution in [2.45, 2.75) is 50.9 Å². The molecule has 1 aliphatic heterocycles. The molecule has 0 aromatic carbocycles. The van der Waals surface area contributed by atoms with Crippen LogP contribution in [-0.2, 0) is 19.2 Å². The molecule has 1 amide bonds. The van der Waals surface area contributed by atoms with Gasteiger partial charge in [0.2, 0.25) is 0 Å². The molecule has 2 rings (SSSR count). The topological polar surface area (TPSA) is 142 Å². The Morgan fingerprint density at radius 1 is 1.50 bits per heavy atom. The fourth-order valence-corrected chi connectivity index (χ4v) is 3.73. The Bertz CT molecular complexity index is 594. The van der Waals surface area contributed by atoms with E-state index in [4.69, 9.17) is 14.5 Å². The quantitative estimate of drug-likeness (QED) is 0.437. The monoisotopic (exact) mass is 333 g/mol. The molecule has 2 N–H and O–H groups in total. The Morgan fingerprint density at radius 3 is 2.77 bits per heavy atom. The third-order valence-corrected chi connectivity index (χ3v) is 4.45. The lowest BCUT2D eigenvalue weighted by Gasteiger charge is -2.26. The second kappa shape index (κ2) is 5.92. The van der Waals surface area contributed by atoms with Gasteiger partial charge in [-0.2, -0.15) is 13.1 Å². The first-order chi connectivity index (χ1) is 10.1. The van der Waals surface area contributed by atoms with Gasteiger partial charge in [0.05, 0.1) is 18.7 Å². The van der Waals surface area contributed by atoms with E-state index in [0.29, 0.717) is 6.42 Å².